The maximum Gasteiger partial charge on any atom is 0.303 e. The fourth-order valence-corrected chi connectivity index (χ4v) is 3.17. The normalized spacial score (nSPS) is 19.9. The number of unbranched alkanes of at least 4 members (excludes halogenated alkanes) is 3. The highest BCUT2D eigenvalue weighted by Gasteiger charge is 2.41. The molecule has 0 aromatic heterocycles. The van der Waals surface area contributed by atoms with Crippen LogP contribution in [0, 0.1) is 11.8 Å². The number of carboxylic acids is 1. The minimum Gasteiger partial charge on any atom is -0.481 e. The van der Waals surface area contributed by atoms with E-state index in [1.54, 1.807) is 13.8 Å². The Balaban J connectivity index is 0.000000330. The summed E-state index contributed by atoms with van der Waals surface area (Å²) in [6, 6.07) is 10.6. The number of imide groups is 1. The zero-order chi connectivity index (χ0) is 21.1. The first-order valence-corrected chi connectivity index (χ1v) is 10.4. The summed E-state index contributed by atoms with van der Waals surface area (Å²) >= 11 is 0. The molecular formula is C23H35NO4. The van der Waals surface area contributed by atoms with Crippen LogP contribution >= 0.6 is 0 Å². The third-order valence-electron chi connectivity index (χ3n) is 5.56. The van der Waals surface area contributed by atoms with E-state index in [4.69, 9.17) is 5.11 Å². The van der Waals surface area contributed by atoms with Gasteiger partial charge in [0.15, 0.2) is 0 Å². The Kier molecular flexibility index (Phi) is 10.5. The summed E-state index contributed by atoms with van der Waals surface area (Å²) in [5, 5.41) is 8.47. The van der Waals surface area contributed by atoms with Gasteiger partial charge in [0.05, 0.1) is 0 Å². The molecule has 0 bridgehead atoms. The van der Waals surface area contributed by atoms with E-state index in [2.05, 4.69) is 44.2 Å². The summed E-state index contributed by atoms with van der Waals surface area (Å²) in [7, 11) is 0. The number of nitrogens with zero attached hydrogens (tertiary/aromatic N) is 1. The second-order valence-electron chi connectivity index (χ2n) is 7.68. The summed E-state index contributed by atoms with van der Waals surface area (Å²) in [6.07, 6.45) is 4.51. The van der Waals surface area contributed by atoms with Crippen LogP contribution in [0.5, 0.6) is 0 Å². The van der Waals surface area contributed by atoms with Crippen molar-refractivity contribution in [2.45, 2.75) is 72.1 Å². The van der Waals surface area contributed by atoms with Crippen molar-refractivity contribution in [3.63, 3.8) is 0 Å². The Labute approximate surface area is 169 Å². The second kappa shape index (κ2) is 12.3. The first-order chi connectivity index (χ1) is 13.3. The quantitative estimate of drug-likeness (QED) is 0.483. The lowest BCUT2D eigenvalue weighted by molar-refractivity contribution is -0.140. The maximum absolute atomic E-state index is 11.8. The van der Waals surface area contributed by atoms with Crippen LogP contribution in [0.4, 0.5) is 0 Å². The second-order valence-corrected chi connectivity index (χ2v) is 7.68. The van der Waals surface area contributed by atoms with E-state index < -0.39 is 5.97 Å². The van der Waals surface area contributed by atoms with Gasteiger partial charge in [0.25, 0.3) is 0 Å². The molecule has 2 rings (SSSR count). The molecule has 1 N–H and O–H groups in total. The van der Waals surface area contributed by atoms with Crippen molar-refractivity contribution in [3.8, 4) is 0 Å². The smallest absolute Gasteiger partial charge is 0.303 e. The van der Waals surface area contributed by atoms with Gasteiger partial charge in [0, 0.05) is 24.8 Å². The van der Waals surface area contributed by atoms with Crippen molar-refractivity contribution < 1.29 is 19.5 Å². The number of carboxylic acid groups (broad SMARTS) is 1. The van der Waals surface area contributed by atoms with E-state index in [1.807, 2.05) is 0 Å². The molecule has 0 radical (unpaired) electrons. The highest BCUT2D eigenvalue weighted by Crippen LogP contribution is 2.25. The van der Waals surface area contributed by atoms with Crippen LogP contribution in [0.2, 0.25) is 0 Å². The van der Waals surface area contributed by atoms with Crippen molar-refractivity contribution in [1.29, 1.82) is 0 Å². The van der Waals surface area contributed by atoms with Gasteiger partial charge in [-0.1, -0.05) is 70.9 Å². The largest absolute Gasteiger partial charge is 0.481 e. The molecule has 1 heterocycles. The number of aliphatic carboxylic acids is 1. The average Bonchev–Trinajstić information content (AvgIpc) is 2.88. The van der Waals surface area contributed by atoms with E-state index in [1.165, 1.54) is 16.9 Å². The number of hydrogen-bond acceptors (Lipinski definition) is 3. The predicted molar refractivity (Wildman–Crippen MR) is 111 cm³/mol. The van der Waals surface area contributed by atoms with Crippen molar-refractivity contribution in [3.05, 3.63) is 35.9 Å². The van der Waals surface area contributed by atoms with Gasteiger partial charge in [-0.2, -0.15) is 0 Å². The Morgan fingerprint density at radius 2 is 1.54 bits per heavy atom. The molecule has 1 aromatic carbocycles. The van der Waals surface area contributed by atoms with Gasteiger partial charge in [-0.15, -0.1) is 0 Å². The Hall–Kier alpha value is -2.17. The van der Waals surface area contributed by atoms with Crippen molar-refractivity contribution >= 4 is 17.8 Å². The number of amides is 2. The fraction of sp³-hybridized carbons (Fsp3) is 0.609. The molecule has 3 atom stereocenters. The van der Waals surface area contributed by atoms with E-state index >= 15 is 0 Å². The van der Waals surface area contributed by atoms with E-state index in [9.17, 15) is 14.4 Å². The fourth-order valence-electron chi connectivity index (χ4n) is 3.17. The van der Waals surface area contributed by atoms with Crippen LogP contribution in [0.3, 0.4) is 0 Å². The molecule has 1 aliphatic rings. The molecule has 1 fully saturated rings. The lowest BCUT2D eigenvalue weighted by Gasteiger charge is -2.13. The molecule has 0 spiro atoms. The minimum absolute atomic E-state index is 0.0713. The molecule has 5 heteroatoms. The topological polar surface area (TPSA) is 74.7 Å². The summed E-state index contributed by atoms with van der Waals surface area (Å²) in [4.78, 5) is 35.2. The first kappa shape index (κ1) is 23.9. The van der Waals surface area contributed by atoms with Crippen molar-refractivity contribution in [2.24, 2.45) is 11.8 Å². The molecular weight excluding hydrogens is 354 g/mol. The number of hydrogen-bond donors (Lipinski definition) is 1. The SMILES string of the molecule is CC1C(=O)N(CCCCCCC(=O)O)C(=O)C1C.CCC(C)c1ccccc1. The molecule has 0 aliphatic carbocycles. The van der Waals surface area contributed by atoms with Gasteiger partial charge in [0.1, 0.15) is 0 Å². The van der Waals surface area contributed by atoms with Crippen LogP contribution in [0.15, 0.2) is 30.3 Å². The Morgan fingerprint density at radius 1 is 1.00 bits per heavy atom. The van der Waals surface area contributed by atoms with Crippen molar-refractivity contribution in [2.75, 3.05) is 6.54 Å². The van der Waals surface area contributed by atoms with Crippen LogP contribution in [0.1, 0.15) is 77.7 Å². The molecule has 1 aromatic rings. The first-order valence-electron chi connectivity index (χ1n) is 10.4. The lowest BCUT2D eigenvalue weighted by atomic mass is 9.99. The predicted octanol–water partition coefficient (Wildman–Crippen LogP) is 4.86. The van der Waals surface area contributed by atoms with E-state index in [0.29, 0.717) is 18.9 Å². The van der Waals surface area contributed by atoms with Crippen LogP contribution < -0.4 is 0 Å². The van der Waals surface area contributed by atoms with Gasteiger partial charge in [-0.25, -0.2) is 0 Å². The third kappa shape index (κ3) is 7.45. The van der Waals surface area contributed by atoms with Gasteiger partial charge in [-0.3, -0.25) is 19.3 Å². The van der Waals surface area contributed by atoms with Crippen molar-refractivity contribution in [1.82, 2.24) is 4.90 Å². The van der Waals surface area contributed by atoms with E-state index in [-0.39, 0.29) is 30.1 Å². The maximum atomic E-state index is 11.8. The molecule has 5 nitrogen and oxygen atoms in total. The molecule has 0 saturated carbocycles. The highest BCUT2D eigenvalue weighted by atomic mass is 16.4. The standard InChI is InChI=1S/C13H21NO4.C10H14/c1-9-10(2)13(18)14(12(9)17)8-6-4-3-5-7-11(15)16;1-3-9(2)10-7-5-4-6-8-10/h9-10H,3-8H2,1-2H3,(H,15,16);4-9H,3H2,1-2H3. The molecule has 28 heavy (non-hydrogen) atoms. The van der Waals surface area contributed by atoms with Gasteiger partial charge in [0.2, 0.25) is 11.8 Å². The van der Waals surface area contributed by atoms with Gasteiger partial charge in [-0.05, 0) is 30.7 Å². The average molecular weight is 390 g/mol. The molecule has 2 amide bonds. The number of rotatable bonds is 9. The zero-order valence-corrected chi connectivity index (χ0v) is 17.7. The van der Waals surface area contributed by atoms with Crippen LogP contribution in [-0.4, -0.2) is 34.3 Å². The molecule has 1 saturated heterocycles. The monoisotopic (exact) mass is 389 g/mol. The Morgan fingerprint density at radius 3 is 2.04 bits per heavy atom. The molecule has 1 aliphatic heterocycles. The lowest BCUT2D eigenvalue weighted by Crippen LogP contribution is -2.31. The summed E-state index contributed by atoms with van der Waals surface area (Å²) < 4.78 is 0. The summed E-state index contributed by atoms with van der Waals surface area (Å²) in [6.45, 7) is 8.53. The van der Waals surface area contributed by atoms with Gasteiger partial charge < -0.3 is 5.11 Å². The minimum atomic E-state index is -0.775. The number of carbonyl (C=O) groups excluding carboxylic acids is 2. The zero-order valence-electron chi connectivity index (χ0n) is 17.7. The Bertz CT molecular complexity index is 609. The highest BCUT2D eigenvalue weighted by molar-refractivity contribution is 6.04. The molecule has 3 unspecified atom stereocenters. The summed E-state index contributed by atoms with van der Waals surface area (Å²) in [5.74, 6) is -0.617. The van der Waals surface area contributed by atoms with Crippen LogP contribution in [-0.2, 0) is 14.4 Å². The van der Waals surface area contributed by atoms with E-state index in [0.717, 1.165) is 19.3 Å². The molecule has 156 valence electrons. The third-order valence-corrected chi connectivity index (χ3v) is 5.56. The van der Waals surface area contributed by atoms with Crippen LogP contribution in [0.25, 0.3) is 0 Å². The number of carbonyl (C=O) groups is 3. The number of benzene rings is 1. The van der Waals surface area contributed by atoms with Gasteiger partial charge >= 0.3 is 5.97 Å². The number of likely N-dealkylation sites (tertiary alicyclic amines) is 1. The summed E-state index contributed by atoms with van der Waals surface area (Å²) in [5.41, 5.74) is 1.45.